The van der Waals surface area contributed by atoms with Gasteiger partial charge in [0, 0.05) is 13.2 Å². The highest BCUT2D eigenvalue weighted by Gasteiger charge is 2.14. The smallest absolute Gasteiger partial charge is 0.0662 e. The molecule has 3 nitrogen and oxygen atoms in total. The third-order valence-corrected chi connectivity index (χ3v) is 2.70. The van der Waals surface area contributed by atoms with Crippen LogP contribution in [0.1, 0.15) is 17.2 Å². The summed E-state index contributed by atoms with van der Waals surface area (Å²) in [6, 6.07) is 8.68. The molecule has 15 heavy (non-hydrogen) atoms. The SMILES string of the molecule is OCCc1ccc(C2COCCN2)cc1. The predicted molar refractivity (Wildman–Crippen MR) is 58.8 cm³/mol. The van der Waals surface area contributed by atoms with E-state index in [0.29, 0.717) is 6.04 Å². The molecule has 1 heterocycles. The van der Waals surface area contributed by atoms with Crippen LogP contribution in [0.15, 0.2) is 24.3 Å². The summed E-state index contributed by atoms with van der Waals surface area (Å²) in [6.45, 7) is 2.69. The molecule has 82 valence electrons. The molecule has 1 saturated heterocycles. The number of hydrogen-bond donors (Lipinski definition) is 2. The average molecular weight is 207 g/mol. The lowest BCUT2D eigenvalue weighted by Crippen LogP contribution is -2.34. The van der Waals surface area contributed by atoms with Crippen molar-refractivity contribution in [2.45, 2.75) is 12.5 Å². The summed E-state index contributed by atoms with van der Waals surface area (Å²) in [4.78, 5) is 0. The van der Waals surface area contributed by atoms with E-state index in [-0.39, 0.29) is 6.61 Å². The third kappa shape index (κ3) is 2.78. The van der Waals surface area contributed by atoms with Gasteiger partial charge in [0.15, 0.2) is 0 Å². The third-order valence-electron chi connectivity index (χ3n) is 2.70. The van der Waals surface area contributed by atoms with E-state index < -0.39 is 0 Å². The first-order chi connectivity index (χ1) is 7.40. The lowest BCUT2D eigenvalue weighted by atomic mass is 10.0. The molecule has 0 aromatic heterocycles. The molecule has 1 atom stereocenters. The van der Waals surface area contributed by atoms with Crippen LogP contribution >= 0.6 is 0 Å². The van der Waals surface area contributed by atoms with Gasteiger partial charge in [-0.25, -0.2) is 0 Å². The Labute approximate surface area is 90.1 Å². The molecule has 2 N–H and O–H groups in total. The Morgan fingerprint density at radius 1 is 1.33 bits per heavy atom. The number of morpholine rings is 1. The van der Waals surface area contributed by atoms with Gasteiger partial charge in [0.2, 0.25) is 0 Å². The average Bonchev–Trinajstić information content (AvgIpc) is 2.32. The fraction of sp³-hybridized carbons (Fsp3) is 0.500. The first kappa shape index (κ1) is 10.6. The van der Waals surface area contributed by atoms with Gasteiger partial charge < -0.3 is 15.2 Å². The molecule has 1 aliphatic heterocycles. The normalized spacial score (nSPS) is 21.5. The summed E-state index contributed by atoms with van der Waals surface area (Å²) in [5, 5.41) is 12.2. The molecule has 0 radical (unpaired) electrons. The Hall–Kier alpha value is -0.900. The first-order valence-corrected chi connectivity index (χ1v) is 5.41. The lowest BCUT2D eigenvalue weighted by molar-refractivity contribution is 0.0769. The van der Waals surface area contributed by atoms with E-state index in [0.717, 1.165) is 26.2 Å². The molecule has 0 saturated carbocycles. The van der Waals surface area contributed by atoms with Crippen LogP contribution < -0.4 is 5.32 Å². The molecule has 0 spiro atoms. The number of ether oxygens (including phenoxy) is 1. The second kappa shape index (κ2) is 5.26. The minimum atomic E-state index is 0.212. The van der Waals surface area contributed by atoms with E-state index in [1.807, 2.05) is 0 Å². The van der Waals surface area contributed by atoms with Crippen molar-refractivity contribution >= 4 is 0 Å². The first-order valence-electron chi connectivity index (χ1n) is 5.41. The number of benzene rings is 1. The second-order valence-electron chi connectivity index (χ2n) is 3.80. The molecule has 1 aromatic rings. The van der Waals surface area contributed by atoms with E-state index in [9.17, 15) is 0 Å². The molecule has 0 aliphatic carbocycles. The van der Waals surface area contributed by atoms with Crippen molar-refractivity contribution in [1.82, 2.24) is 5.32 Å². The Morgan fingerprint density at radius 3 is 2.73 bits per heavy atom. The van der Waals surface area contributed by atoms with Crippen LogP contribution in [0.2, 0.25) is 0 Å². The van der Waals surface area contributed by atoms with E-state index in [1.54, 1.807) is 0 Å². The van der Waals surface area contributed by atoms with Crippen molar-refractivity contribution in [1.29, 1.82) is 0 Å². The quantitative estimate of drug-likeness (QED) is 0.773. The van der Waals surface area contributed by atoms with Gasteiger partial charge >= 0.3 is 0 Å². The van der Waals surface area contributed by atoms with Gasteiger partial charge in [-0.3, -0.25) is 0 Å². The van der Waals surface area contributed by atoms with Crippen molar-refractivity contribution in [2.24, 2.45) is 0 Å². The van der Waals surface area contributed by atoms with Gasteiger partial charge in [-0.2, -0.15) is 0 Å². The number of hydrogen-bond acceptors (Lipinski definition) is 3. The molecular formula is C12H17NO2. The fourth-order valence-electron chi connectivity index (χ4n) is 1.83. The molecule has 1 fully saturated rings. The van der Waals surface area contributed by atoms with Crippen LogP contribution in [-0.2, 0) is 11.2 Å². The van der Waals surface area contributed by atoms with Crippen LogP contribution in [0.25, 0.3) is 0 Å². The van der Waals surface area contributed by atoms with Crippen molar-refractivity contribution in [3.63, 3.8) is 0 Å². The number of aliphatic hydroxyl groups is 1. The Bertz CT molecular complexity index is 291. The van der Waals surface area contributed by atoms with Crippen LogP contribution in [0.4, 0.5) is 0 Å². The number of rotatable bonds is 3. The molecule has 2 rings (SSSR count). The summed E-state index contributed by atoms with van der Waals surface area (Å²) in [6.07, 6.45) is 0.731. The van der Waals surface area contributed by atoms with Crippen molar-refractivity contribution in [3.8, 4) is 0 Å². The minimum absolute atomic E-state index is 0.212. The summed E-state index contributed by atoms with van der Waals surface area (Å²) in [7, 11) is 0. The van der Waals surface area contributed by atoms with E-state index in [4.69, 9.17) is 9.84 Å². The standard InChI is InChI=1S/C12H17NO2/c14-7-5-10-1-3-11(4-2-10)12-9-15-8-6-13-12/h1-4,12-14H,5-9H2. The maximum absolute atomic E-state index is 8.81. The molecular weight excluding hydrogens is 190 g/mol. The topological polar surface area (TPSA) is 41.5 Å². The predicted octanol–water partition coefficient (Wildman–Crippen LogP) is 0.882. The number of nitrogens with one attached hydrogen (secondary N) is 1. The lowest BCUT2D eigenvalue weighted by Gasteiger charge is -2.24. The fourth-order valence-corrected chi connectivity index (χ4v) is 1.83. The van der Waals surface area contributed by atoms with Crippen molar-refractivity contribution < 1.29 is 9.84 Å². The Morgan fingerprint density at radius 2 is 2.13 bits per heavy atom. The van der Waals surface area contributed by atoms with Crippen LogP contribution in [-0.4, -0.2) is 31.5 Å². The number of aliphatic hydroxyl groups excluding tert-OH is 1. The minimum Gasteiger partial charge on any atom is -0.396 e. The molecule has 1 unspecified atom stereocenters. The summed E-state index contributed by atoms with van der Waals surface area (Å²) >= 11 is 0. The zero-order valence-corrected chi connectivity index (χ0v) is 8.78. The highest BCUT2D eigenvalue weighted by Crippen LogP contribution is 2.16. The highest BCUT2D eigenvalue weighted by atomic mass is 16.5. The van der Waals surface area contributed by atoms with Gasteiger partial charge in [-0.05, 0) is 17.5 Å². The van der Waals surface area contributed by atoms with Gasteiger partial charge in [-0.15, -0.1) is 0 Å². The van der Waals surface area contributed by atoms with Crippen LogP contribution in [0.3, 0.4) is 0 Å². The Balaban J connectivity index is 2.02. The maximum Gasteiger partial charge on any atom is 0.0662 e. The van der Waals surface area contributed by atoms with E-state index in [1.165, 1.54) is 11.1 Å². The molecule has 0 amide bonds. The largest absolute Gasteiger partial charge is 0.396 e. The Kier molecular flexibility index (Phi) is 3.72. The van der Waals surface area contributed by atoms with E-state index >= 15 is 0 Å². The van der Waals surface area contributed by atoms with Gasteiger partial charge in [0.1, 0.15) is 0 Å². The van der Waals surface area contributed by atoms with Crippen LogP contribution in [0, 0.1) is 0 Å². The van der Waals surface area contributed by atoms with Crippen LogP contribution in [0.5, 0.6) is 0 Å². The zero-order chi connectivity index (χ0) is 10.5. The highest BCUT2D eigenvalue weighted by molar-refractivity contribution is 5.25. The molecule has 1 aromatic carbocycles. The molecule has 0 bridgehead atoms. The van der Waals surface area contributed by atoms with E-state index in [2.05, 4.69) is 29.6 Å². The summed E-state index contributed by atoms with van der Waals surface area (Å²) in [5.74, 6) is 0. The zero-order valence-electron chi connectivity index (χ0n) is 8.78. The van der Waals surface area contributed by atoms with Gasteiger partial charge in [0.05, 0.1) is 19.3 Å². The van der Waals surface area contributed by atoms with Crippen molar-refractivity contribution in [2.75, 3.05) is 26.4 Å². The maximum atomic E-state index is 8.81. The molecule has 3 heteroatoms. The summed E-state index contributed by atoms with van der Waals surface area (Å²) in [5.41, 5.74) is 2.44. The molecule has 1 aliphatic rings. The monoisotopic (exact) mass is 207 g/mol. The second-order valence-corrected chi connectivity index (χ2v) is 3.80. The van der Waals surface area contributed by atoms with Crippen molar-refractivity contribution in [3.05, 3.63) is 35.4 Å². The van der Waals surface area contributed by atoms with Gasteiger partial charge in [-0.1, -0.05) is 24.3 Å². The summed E-state index contributed by atoms with van der Waals surface area (Å²) < 4.78 is 5.41. The van der Waals surface area contributed by atoms with Gasteiger partial charge in [0.25, 0.3) is 0 Å².